The number of thiophene rings is 1. The summed E-state index contributed by atoms with van der Waals surface area (Å²) < 4.78 is 34.6. The van der Waals surface area contributed by atoms with E-state index in [4.69, 9.17) is 4.74 Å². The molecule has 0 radical (unpaired) electrons. The normalized spacial score (nSPS) is 11.5. The zero-order chi connectivity index (χ0) is 19.6. The molecule has 0 N–H and O–H groups in total. The second kappa shape index (κ2) is 7.66. The summed E-state index contributed by atoms with van der Waals surface area (Å²) in [7, 11) is -2.09. The molecule has 4 rings (SSSR count). The Kier molecular flexibility index (Phi) is 5.07. The lowest BCUT2D eigenvalue weighted by Crippen LogP contribution is -2.29. The largest absolute Gasteiger partial charge is 0.497 e. The van der Waals surface area contributed by atoms with Crippen LogP contribution >= 0.6 is 11.3 Å². The summed E-state index contributed by atoms with van der Waals surface area (Å²) in [6.07, 6.45) is 0. The van der Waals surface area contributed by atoms with Crippen LogP contribution in [0, 0.1) is 0 Å². The highest BCUT2D eigenvalue weighted by atomic mass is 32.2. The van der Waals surface area contributed by atoms with Crippen LogP contribution in [0.25, 0.3) is 10.1 Å². The first-order chi connectivity index (χ1) is 13.6. The molecule has 0 unspecified atom stereocenters. The van der Waals surface area contributed by atoms with Crippen molar-refractivity contribution in [1.29, 1.82) is 0 Å². The Morgan fingerprint density at radius 2 is 1.57 bits per heavy atom. The van der Waals surface area contributed by atoms with Gasteiger partial charge in [-0.2, -0.15) is 0 Å². The third kappa shape index (κ3) is 3.61. The number of benzene rings is 3. The Labute approximate surface area is 168 Å². The summed E-state index contributed by atoms with van der Waals surface area (Å²) in [4.78, 5) is 0.279. The topological polar surface area (TPSA) is 46.6 Å². The summed E-state index contributed by atoms with van der Waals surface area (Å²) in [5, 5.41) is 1.73. The number of nitrogens with zero attached hydrogens (tertiary/aromatic N) is 1. The van der Waals surface area contributed by atoms with E-state index in [1.165, 1.54) is 15.6 Å². The van der Waals surface area contributed by atoms with Crippen LogP contribution in [0.2, 0.25) is 0 Å². The number of anilines is 1. The zero-order valence-corrected chi connectivity index (χ0v) is 16.9. The van der Waals surface area contributed by atoms with Crippen molar-refractivity contribution < 1.29 is 13.2 Å². The fraction of sp³-hybridized carbons (Fsp3) is 0.0909. The van der Waals surface area contributed by atoms with Gasteiger partial charge in [0.1, 0.15) is 10.8 Å². The Morgan fingerprint density at radius 3 is 2.25 bits per heavy atom. The van der Waals surface area contributed by atoms with Crippen LogP contribution in [0.15, 0.2) is 89.8 Å². The van der Waals surface area contributed by atoms with Crippen LogP contribution in [0.3, 0.4) is 0 Å². The third-order valence-electron chi connectivity index (χ3n) is 4.47. The van der Waals surface area contributed by atoms with Crippen LogP contribution in [0.5, 0.6) is 5.75 Å². The van der Waals surface area contributed by atoms with Gasteiger partial charge in [-0.15, -0.1) is 11.3 Å². The van der Waals surface area contributed by atoms with Crippen molar-refractivity contribution in [2.24, 2.45) is 0 Å². The fourth-order valence-electron chi connectivity index (χ4n) is 2.99. The Bertz CT molecular complexity index is 1150. The van der Waals surface area contributed by atoms with Crippen molar-refractivity contribution in [3.63, 3.8) is 0 Å². The first kappa shape index (κ1) is 18.5. The number of sulfonamides is 1. The molecule has 0 aliphatic carbocycles. The highest BCUT2D eigenvalue weighted by molar-refractivity contribution is 7.93. The minimum absolute atomic E-state index is 0.244. The SMILES string of the molecule is COc1ccc(CN(c2cc3ccccc3s2)S(=O)(=O)c2ccccc2)cc1. The lowest BCUT2D eigenvalue weighted by molar-refractivity contribution is 0.414. The number of hydrogen-bond acceptors (Lipinski definition) is 4. The number of fused-ring (bicyclic) bond motifs is 1. The molecule has 0 bridgehead atoms. The molecule has 0 spiro atoms. The van der Waals surface area contributed by atoms with E-state index in [0.29, 0.717) is 5.00 Å². The Balaban J connectivity index is 1.80. The number of hydrogen-bond donors (Lipinski definition) is 0. The van der Waals surface area contributed by atoms with Crippen LogP contribution in [0.4, 0.5) is 5.00 Å². The maximum atomic E-state index is 13.4. The third-order valence-corrected chi connectivity index (χ3v) is 7.50. The molecule has 0 saturated heterocycles. The van der Waals surface area contributed by atoms with E-state index in [1.54, 1.807) is 31.4 Å². The van der Waals surface area contributed by atoms with Gasteiger partial charge >= 0.3 is 0 Å². The van der Waals surface area contributed by atoms with Crippen molar-refractivity contribution in [2.75, 3.05) is 11.4 Å². The molecule has 0 atom stereocenters. The van der Waals surface area contributed by atoms with Crippen LogP contribution in [-0.4, -0.2) is 15.5 Å². The molecular formula is C22H19NO3S2. The highest BCUT2D eigenvalue weighted by Crippen LogP contribution is 2.36. The molecule has 142 valence electrons. The molecule has 6 heteroatoms. The second-order valence-corrected chi connectivity index (χ2v) is 9.22. The van der Waals surface area contributed by atoms with E-state index in [-0.39, 0.29) is 11.4 Å². The predicted octanol–water partition coefficient (Wildman–Crippen LogP) is 5.31. The molecule has 4 nitrogen and oxygen atoms in total. The van der Waals surface area contributed by atoms with Gasteiger partial charge < -0.3 is 4.74 Å². The van der Waals surface area contributed by atoms with Crippen LogP contribution < -0.4 is 9.04 Å². The number of ether oxygens (including phenoxy) is 1. The van der Waals surface area contributed by atoms with Gasteiger partial charge in [0.05, 0.1) is 18.6 Å². The molecular weight excluding hydrogens is 390 g/mol. The maximum Gasteiger partial charge on any atom is 0.265 e. The average Bonchev–Trinajstić information content (AvgIpc) is 3.16. The van der Waals surface area contributed by atoms with Gasteiger partial charge in [-0.3, -0.25) is 4.31 Å². The van der Waals surface area contributed by atoms with Gasteiger partial charge in [0.25, 0.3) is 10.0 Å². The second-order valence-electron chi connectivity index (χ2n) is 6.30. The van der Waals surface area contributed by atoms with Gasteiger partial charge in [-0.05, 0) is 47.3 Å². The van der Waals surface area contributed by atoms with Crippen molar-refractivity contribution in [3.05, 3.63) is 90.5 Å². The summed E-state index contributed by atoms with van der Waals surface area (Å²) in [5.74, 6) is 0.739. The molecule has 4 aromatic rings. The van der Waals surface area contributed by atoms with Gasteiger partial charge in [-0.25, -0.2) is 8.42 Å². The zero-order valence-electron chi connectivity index (χ0n) is 15.3. The smallest absolute Gasteiger partial charge is 0.265 e. The Hall–Kier alpha value is -2.83. The monoisotopic (exact) mass is 409 g/mol. The van der Waals surface area contributed by atoms with E-state index in [9.17, 15) is 8.42 Å². The lowest BCUT2D eigenvalue weighted by Gasteiger charge is -2.23. The fourth-order valence-corrected chi connectivity index (χ4v) is 5.73. The van der Waals surface area contributed by atoms with Gasteiger partial charge in [0.15, 0.2) is 0 Å². The van der Waals surface area contributed by atoms with Crippen molar-refractivity contribution in [1.82, 2.24) is 0 Å². The molecule has 3 aromatic carbocycles. The van der Waals surface area contributed by atoms with Crippen molar-refractivity contribution in [2.45, 2.75) is 11.4 Å². The van der Waals surface area contributed by atoms with E-state index in [2.05, 4.69) is 0 Å². The van der Waals surface area contributed by atoms with Crippen molar-refractivity contribution in [3.8, 4) is 5.75 Å². The Morgan fingerprint density at radius 1 is 0.893 bits per heavy atom. The molecule has 0 aliphatic heterocycles. The van der Waals surface area contributed by atoms with Gasteiger partial charge in [0, 0.05) is 4.70 Å². The van der Waals surface area contributed by atoms with E-state index >= 15 is 0 Å². The summed E-state index contributed by atoms with van der Waals surface area (Å²) >= 11 is 1.48. The molecule has 1 heterocycles. The highest BCUT2D eigenvalue weighted by Gasteiger charge is 2.26. The average molecular weight is 410 g/mol. The maximum absolute atomic E-state index is 13.4. The quantitative estimate of drug-likeness (QED) is 0.434. The molecule has 1 aromatic heterocycles. The predicted molar refractivity (Wildman–Crippen MR) is 115 cm³/mol. The molecule has 0 amide bonds. The first-order valence-electron chi connectivity index (χ1n) is 8.77. The molecule has 0 aliphatic rings. The number of methoxy groups -OCH3 is 1. The minimum atomic E-state index is -3.70. The molecule has 0 saturated carbocycles. The van der Waals surface area contributed by atoms with Gasteiger partial charge in [-0.1, -0.05) is 48.5 Å². The summed E-state index contributed by atoms with van der Waals surface area (Å²) in [5.41, 5.74) is 0.887. The van der Waals surface area contributed by atoms with Gasteiger partial charge in [0.2, 0.25) is 0 Å². The van der Waals surface area contributed by atoms with Crippen molar-refractivity contribution >= 4 is 36.4 Å². The molecule has 0 fully saturated rings. The number of rotatable bonds is 6. The lowest BCUT2D eigenvalue weighted by atomic mass is 10.2. The summed E-state index contributed by atoms with van der Waals surface area (Å²) in [6.45, 7) is 0.244. The standard InChI is InChI=1S/C22H19NO3S2/c1-26-19-13-11-17(12-14-19)16-23(28(24,25)20-8-3-2-4-9-20)22-15-18-7-5-6-10-21(18)27-22/h2-15H,16H2,1H3. The summed E-state index contributed by atoms with van der Waals surface area (Å²) in [6, 6.07) is 25.9. The van der Waals surface area contributed by atoms with E-state index < -0.39 is 10.0 Å². The van der Waals surface area contributed by atoms with E-state index in [0.717, 1.165) is 21.4 Å². The van der Waals surface area contributed by atoms with E-state index in [1.807, 2.05) is 60.7 Å². The molecule has 28 heavy (non-hydrogen) atoms. The van der Waals surface area contributed by atoms with Crippen LogP contribution in [0.1, 0.15) is 5.56 Å². The van der Waals surface area contributed by atoms with Crippen LogP contribution in [-0.2, 0) is 16.6 Å². The first-order valence-corrected chi connectivity index (χ1v) is 11.0. The minimum Gasteiger partial charge on any atom is -0.497 e.